The Balaban J connectivity index is 1.59. The first-order valence-corrected chi connectivity index (χ1v) is 9.56. The normalized spacial score (nSPS) is 27.2. The number of carboxylic acids is 1. The maximum Gasteiger partial charge on any atom is 0.314 e. The fourth-order valence-electron chi connectivity index (χ4n) is 4.18. The minimum absolute atomic E-state index is 0.0127. The number of aliphatic hydroxyl groups is 1. The molecule has 0 aromatic heterocycles. The van der Waals surface area contributed by atoms with Crippen molar-refractivity contribution in [2.75, 3.05) is 31.6 Å². The number of fused-ring (bicyclic) bond motifs is 1. The van der Waals surface area contributed by atoms with Gasteiger partial charge in [-0.05, 0) is 37.0 Å². The first-order valence-electron chi connectivity index (χ1n) is 9.56. The fraction of sp³-hybridized carbons (Fsp3) is 0.550. The van der Waals surface area contributed by atoms with E-state index in [1.807, 2.05) is 0 Å². The molecule has 1 aromatic carbocycles. The molecule has 2 atom stereocenters. The number of aliphatic carboxylic acids is 1. The number of carboxylic acid groups (broad SMARTS) is 1. The van der Waals surface area contributed by atoms with Crippen molar-refractivity contribution in [1.82, 2.24) is 4.90 Å². The summed E-state index contributed by atoms with van der Waals surface area (Å²) in [6.07, 6.45) is 1.61. The van der Waals surface area contributed by atoms with Crippen LogP contribution in [0.4, 0.5) is 5.69 Å². The van der Waals surface area contributed by atoms with Crippen LogP contribution in [-0.4, -0.2) is 65.7 Å². The SMILES string of the molecule is CN1C(=O)COc2ccc(C(=O)N3CC[C@@H](O)[C@](CC4CC4)(C(=O)O)C3)cc21. The highest BCUT2D eigenvalue weighted by molar-refractivity contribution is 6.01. The zero-order valence-electron chi connectivity index (χ0n) is 15.8. The van der Waals surface area contributed by atoms with Crippen LogP contribution >= 0.6 is 0 Å². The van der Waals surface area contributed by atoms with Crippen LogP contribution < -0.4 is 9.64 Å². The second-order valence-corrected chi connectivity index (χ2v) is 8.06. The van der Waals surface area contributed by atoms with Gasteiger partial charge in [-0.1, -0.05) is 12.8 Å². The van der Waals surface area contributed by atoms with Gasteiger partial charge in [0.05, 0.1) is 11.8 Å². The van der Waals surface area contributed by atoms with Crippen LogP contribution in [0.2, 0.25) is 0 Å². The molecule has 2 N–H and O–H groups in total. The lowest BCUT2D eigenvalue weighted by atomic mass is 9.73. The van der Waals surface area contributed by atoms with E-state index in [0.717, 1.165) is 12.8 Å². The Morgan fingerprint density at radius 3 is 2.71 bits per heavy atom. The van der Waals surface area contributed by atoms with E-state index in [1.165, 1.54) is 9.80 Å². The Morgan fingerprint density at radius 2 is 2.04 bits per heavy atom. The summed E-state index contributed by atoms with van der Waals surface area (Å²) in [6.45, 7) is 0.242. The first kappa shape index (κ1) is 18.7. The van der Waals surface area contributed by atoms with E-state index in [1.54, 1.807) is 25.2 Å². The van der Waals surface area contributed by atoms with Gasteiger partial charge in [-0.25, -0.2) is 0 Å². The van der Waals surface area contributed by atoms with Crippen LogP contribution in [0.3, 0.4) is 0 Å². The van der Waals surface area contributed by atoms with Gasteiger partial charge in [-0.2, -0.15) is 0 Å². The lowest BCUT2D eigenvalue weighted by molar-refractivity contribution is -0.163. The van der Waals surface area contributed by atoms with Gasteiger partial charge in [-0.15, -0.1) is 0 Å². The summed E-state index contributed by atoms with van der Waals surface area (Å²) in [5, 5.41) is 20.3. The van der Waals surface area contributed by atoms with Crippen LogP contribution in [0.25, 0.3) is 0 Å². The van der Waals surface area contributed by atoms with Crippen molar-refractivity contribution in [3.05, 3.63) is 23.8 Å². The summed E-state index contributed by atoms with van der Waals surface area (Å²) >= 11 is 0. The number of nitrogens with zero attached hydrogens (tertiary/aromatic N) is 2. The van der Waals surface area contributed by atoms with Crippen molar-refractivity contribution >= 4 is 23.5 Å². The number of likely N-dealkylation sites (tertiary alicyclic amines) is 1. The van der Waals surface area contributed by atoms with Crippen LogP contribution in [0, 0.1) is 11.3 Å². The Morgan fingerprint density at radius 1 is 1.29 bits per heavy atom. The zero-order valence-corrected chi connectivity index (χ0v) is 15.8. The molecule has 2 amide bonds. The third-order valence-corrected chi connectivity index (χ3v) is 6.14. The van der Waals surface area contributed by atoms with Crippen molar-refractivity contribution < 1.29 is 29.3 Å². The van der Waals surface area contributed by atoms with E-state index in [-0.39, 0.29) is 31.4 Å². The molecule has 0 spiro atoms. The van der Waals surface area contributed by atoms with E-state index in [0.29, 0.717) is 35.9 Å². The average Bonchev–Trinajstić information content (AvgIpc) is 3.49. The number of piperidine rings is 1. The van der Waals surface area contributed by atoms with Crippen LogP contribution in [0.15, 0.2) is 18.2 Å². The maximum atomic E-state index is 13.1. The molecule has 0 unspecified atom stereocenters. The quantitative estimate of drug-likeness (QED) is 0.800. The summed E-state index contributed by atoms with van der Waals surface area (Å²) in [4.78, 5) is 40.0. The lowest BCUT2D eigenvalue weighted by Gasteiger charge is -2.43. The van der Waals surface area contributed by atoms with E-state index in [9.17, 15) is 24.6 Å². The molecule has 0 radical (unpaired) electrons. The van der Waals surface area contributed by atoms with Gasteiger partial charge in [-0.3, -0.25) is 14.4 Å². The third-order valence-electron chi connectivity index (χ3n) is 6.14. The van der Waals surface area contributed by atoms with Gasteiger partial charge in [0.1, 0.15) is 11.2 Å². The number of benzene rings is 1. The first-order chi connectivity index (χ1) is 13.3. The molecule has 1 aromatic rings. The van der Waals surface area contributed by atoms with Gasteiger partial charge in [0, 0.05) is 25.7 Å². The minimum atomic E-state index is -1.32. The smallest absolute Gasteiger partial charge is 0.314 e. The van der Waals surface area contributed by atoms with Crippen molar-refractivity contribution in [1.29, 1.82) is 0 Å². The Bertz CT molecular complexity index is 836. The average molecular weight is 388 g/mol. The number of carbonyl (C=O) groups excluding carboxylic acids is 2. The molecule has 4 rings (SSSR count). The number of hydrogen-bond acceptors (Lipinski definition) is 5. The number of amides is 2. The molecule has 2 heterocycles. The minimum Gasteiger partial charge on any atom is -0.482 e. The van der Waals surface area contributed by atoms with E-state index in [4.69, 9.17) is 4.74 Å². The van der Waals surface area contributed by atoms with Gasteiger partial charge in [0.25, 0.3) is 11.8 Å². The summed E-state index contributed by atoms with van der Waals surface area (Å²) < 4.78 is 5.39. The molecular weight excluding hydrogens is 364 g/mol. The molecule has 8 nitrogen and oxygen atoms in total. The van der Waals surface area contributed by atoms with Crippen molar-refractivity contribution in [3.8, 4) is 5.75 Å². The number of ether oxygens (including phenoxy) is 1. The maximum absolute atomic E-state index is 13.1. The highest BCUT2D eigenvalue weighted by atomic mass is 16.5. The zero-order chi connectivity index (χ0) is 20.1. The standard InChI is InChI=1S/C20H24N2O6/c1-21-14-8-13(4-5-15(14)28-10-17(21)24)18(25)22-7-6-16(23)20(11-22,19(26)27)9-12-2-3-12/h4-5,8,12,16,23H,2-3,6-7,9-11H2,1H3,(H,26,27)/t16-,20-/m1/s1. The number of anilines is 1. The number of hydrogen-bond donors (Lipinski definition) is 2. The number of rotatable bonds is 4. The van der Waals surface area contributed by atoms with Gasteiger partial charge < -0.3 is 24.7 Å². The van der Waals surface area contributed by atoms with Gasteiger partial charge in [0.2, 0.25) is 0 Å². The Labute approximate surface area is 162 Å². The molecule has 1 saturated carbocycles. The van der Waals surface area contributed by atoms with Crippen LogP contribution in [0.5, 0.6) is 5.75 Å². The summed E-state index contributed by atoms with van der Waals surface area (Å²) in [5.41, 5.74) is -0.438. The molecule has 1 saturated heterocycles. The Hall–Kier alpha value is -2.61. The predicted molar refractivity (Wildman–Crippen MR) is 99.3 cm³/mol. The summed E-state index contributed by atoms with van der Waals surface area (Å²) in [5.74, 6) is -0.716. The summed E-state index contributed by atoms with van der Waals surface area (Å²) in [6, 6.07) is 4.88. The van der Waals surface area contributed by atoms with Crippen LogP contribution in [-0.2, 0) is 9.59 Å². The third kappa shape index (κ3) is 3.11. The fourth-order valence-corrected chi connectivity index (χ4v) is 4.18. The Kier molecular flexibility index (Phi) is 4.53. The molecular formula is C20H24N2O6. The molecule has 150 valence electrons. The van der Waals surface area contributed by atoms with Crippen LogP contribution in [0.1, 0.15) is 36.0 Å². The van der Waals surface area contributed by atoms with Gasteiger partial charge in [0.15, 0.2) is 6.61 Å². The van der Waals surface area contributed by atoms with Gasteiger partial charge >= 0.3 is 5.97 Å². The van der Waals surface area contributed by atoms with E-state index in [2.05, 4.69) is 0 Å². The number of likely N-dealkylation sites (N-methyl/N-ethyl adjacent to an activating group) is 1. The van der Waals surface area contributed by atoms with E-state index >= 15 is 0 Å². The number of carbonyl (C=O) groups is 3. The monoisotopic (exact) mass is 388 g/mol. The van der Waals surface area contributed by atoms with Crippen molar-refractivity contribution in [2.45, 2.75) is 31.8 Å². The molecule has 3 aliphatic rings. The molecule has 2 aliphatic heterocycles. The predicted octanol–water partition coefficient (Wildman–Crippen LogP) is 1.12. The summed E-state index contributed by atoms with van der Waals surface area (Å²) in [7, 11) is 1.63. The second kappa shape index (κ2) is 6.77. The molecule has 1 aliphatic carbocycles. The largest absolute Gasteiger partial charge is 0.482 e. The molecule has 8 heteroatoms. The highest BCUT2D eigenvalue weighted by Crippen LogP contribution is 2.45. The topological polar surface area (TPSA) is 107 Å². The molecule has 0 bridgehead atoms. The second-order valence-electron chi connectivity index (χ2n) is 8.06. The molecule has 2 fully saturated rings. The van der Waals surface area contributed by atoms with Crippen molar-refractivity contribution in [3.63, 3.8) is 0 Å². The molecule has 28 heavy (non-hydrogen) atoms. The highest BCUT2D eigenvalue weighted by Gasteiger charge is 2.52. The number of aliphatic hydroxyl groups excluding tert-OH is 1. The lowest BCUT2D eigenvalue weighted by Crippen LogP contribution is -2.57. The van der Waals surface area contributed by atoms with E-state index < -0.39 is 17.5 Å². The van der Waals surface area contributed by atoms with Crippen molar-refractivity contribution in [2.24, 2.45) is 11.3 Å².